The minimum Gasteiger partial charge on any atom is -0.369 e. The fourth-order valence-electron chi connectivity index (χ4n) is 1.23. The molecule has 0 aromatic heterocycles. The van der Waals surface area contributed by atoms with Crippen molar-refractivity contribution >= 4 is 17.4 Å². The van der Waals surface area contributed by atoms with Crippen LogP contribution in [0, 0.1) is 0 Å². The smallest absolute Gasteiger partial charge is 0.250 e. The third-order valence-electron chi connectivity index (χ3n) is 2.12. The zero-order valence-corrected chi connectivity index (χ0v) is 10.3. The first-order chi connectivity index (χ1) is 7.99. The van der Waals surface area contributed by atoms with Crippen molar-refractivity contribution in [3.05, 3.63) is 29.8 Å². The van der Waals surface area contributed by atoms with E-state index in [2.05, 4.69) is 5.32 Å². The van der Waals surface area contributed by atoms with Crippen LogP contribution in [-0.4, -0.2) is 24.4 Å². The standard InChI is InChI=1S/C13H17NO3/c1-9(2)17-8-13(16)14-12-6-4-11(5-7-12)10(3)15/h4-7,9H,8H2,1-3H3,(H,14,16). The van der Waals surface area contributed by atoms with Crippen LogP contribution in [0.5, 0.6) is 0 Å². The zero-order chi connectivity index (χ0) is 12.8. The third-order valence-corrected chi connectivity index (χ3v) is 2.12. The highest BCUT2D eigenvalue weighted by Crippen LogP contribution is 2.09. The SMILES string of the molecule is CC(=O)c1ccc(NC(=O)COC(C)C)cc1. The average Bonchev–Trinajstić information content (AvgIpc) is 2.27. The molecule has 0 saturated carbocycles. The Bertz CT molecular complexity index is 396. The van der Waals surface area contributed by atoms with Gasteiger partial charge in [0.2, 0.25) is 5.91 Å². The minimum atomic E-state index is -0.200. The maximum atomic E-state index is 11.4. The first-order valence-corrected chi connectivity index (χ1v) is 5.51. The number of hydrogen-bond donors (Lipinski definition) is 1. The van der Waals surface area contributed by atoms with Crippen LogP contribution < -0.4 is 5.32 Å². The van der Waals surface area contributed by atoms with Crippen molar-refractivity contribution in [2.24, 2.45) is 0 Å². The second-order valence-electron chi connectivity index (χ2n) is 4.04. The van der Waals surface area contributed by atoms with Gasteiger partial charge in [-0.25, -0.2) is 0 Å². The molecular formula is C13H17NO3. The number of benzene rings is 1. The monoisotopic (exact) mass is 235 g/mol. The van der Waals surface area contributed by atoms with Crippen LogP contribution in [0.25, 0.3) is 0 Å². The van der Waals surface area contributed by atoms with E-state index in [0.29, 0.717) is 11.3 Å². The maximum absolute atomic E-state index is 11.4. The Morgan fingerprint density at radius 2 is 1.82 bits per heavy atom. The Morgan fingerprint density at radius 3 is 2.29 bits per heavy atom. The second-order valence-corrected chi connectivity index (χ2v) is 4.04. The summed E-state index contributed by atoms with van der Waals surface area (Å²) in [6, 6.07) is 6.76. The number of nitrogens with one attached hydrogen (secondary N) is 1. The van der Waals surface area contributed by atoms with Gasteiger partial charge in [-0.3, -0.25) is 9.59 Å². The molecule has 0 aliphatic rings. The molecule has 92 valence electrons. The summed E-state index contributed by atoms with van der Waals surface area (Å²) in [5.74, 6) is -0.194. The Hall–Kier alpha value is -1.68. The minimum absolute atomic E-state index is 0.00557. The van der Waals surface area contributed by atoms with E-state index in [1.807, 2.05) is 13.8 Å². The summed E-state index contributed by atoms with van der Waals surface area (Å²) in [6.45, 7) is 5.28. The fourth-order valence-corrected chi connectivity index (χ4v) is 1.23. The number of carbonyl (C=O) groups is 2. The van der Waals surface area contributed by atoms with E-state index in [1.165, 1.54) is 6.92 Å². The van der Waals surface area contributed by atoms with Crippen LogP contribution in [0.2, 0.25) is 0 Å². The van der Waals surface area contributed by atoms with Crippen molar-refractivity contribution in [1.29, 1.82) is 0 Å². The van der Waals surface area contributed by atoms with Gasteiger partial charge >= 0.3 is 0 Å². The van der Waals surface area contributed by atoms with Gasteiger partial charge in [0.1, 0.15) is 6.61 Å². The van der Waals surface area contributed by atoms with Crippen LogP contribution in [-0.2, 0) is 9.53 Å². The van der Waals surface area contributed by atoms with E-state index in [-0.39, 0.29) is 24.4 Å². The number of ketones is 1. The molecule has 0 heterocycles. The van der Waals surface area contributed by atoms with E-state index in [4.69, 9.17) is 4.74 Å². The molecular weight excluding hydrogens is 218 g/mol. The van der Waals surface area contributed by atoms with E-state index < -0.39 is 0 Å². The van der Waals surface area contributed by atoms with Gasteiger partial charge < -0.3 is 10.1 Å². The Balaban J connectivity index is 2.51. The Labute approximate surface area is 101 Å². The summed E-state index contributed by atoms with van der Waals surface area (Å²) in [5.41, 5.74) is 1.29. The molecule has 0 aliphatic carbocycles. The molecule has 0 aliphatic heterocycles. The fraction of sp³-hybridized carbons (Fsp3) is 0.385. The molecule has 0 spiro atoms. The number of carbonyl (C=O) groups excluding carboxylic acids is 2. The first kappa shape index (κ1) is 13.4. The number of rotatable bonds is 5. The quantitative estimate of drug-likeness (QED) is 0.796. The number of hydrogen-bond acceptors (Lipinski definition) is 3. The van der Waals surface area contributed by atoms with Crippen LogP contribution in [0.4, 0.5) is 5.69 Å². The molecule has 1 aromatic carbocycles. The summed E-state index contributed by atoms with van der Waals surface area (Å²) in [6.07, 6.45) is 0.0286. The van der Waals surface area contributed by atoms with Gasteiger partial charge in [-0.05, 0) is 45.0 Å². The molecule has 1 rings (SSSR count). The molecule has 0 saturated heterocycles. The highest BCUT2D eigenvalue weighted by molar-refractivity contribution is 5.95. The van der Waals surface area contributed by atoms with Gasteiger partial charge in [-0.15, -0.1) is 0 Å². The highest BCUT2D eigenvalue weighted by atomic mass is 16.5. The molecule has 17 heavy (non-hydrogen) atoms. The van der Waals surface area contributed by atoms with Gasteiger partial charge in [0.05, 0.1) is 6.10 Å². The van der Waals surface area contributed by atoms with Gasteiger partial charge in [0.25, 0.3) is 0 Å². The summed E-state index contributed by atoms with van der Waals surface area (Å²) in [7, 11) is 0. The summed E-state index contributed by atoms with van der Waals surface area (Å²) in [5, 5.41) is 2.69. The normalized spacial score (nSPS) is 10.4. The van der Waals surface area contributed by atoms with Crippen molar-refractivity contribution in [3.8, 4) is 0 Å². The van der Waals surface area contributed by atoms with Crippen molar-refractivity contribution in [3.63, 3.8) is 0 Å². The molecule has 4 nitrogen and oxygen atoms in total. The third kappa shape index (κ3) is 4.78. The molecule has 1 amide bonds. The predicted octanol–water partition coefficient (Wildman–Crippen LogP) is 2.25. The lowest BCUT2D eigenvalue weighted by molar-refractivity contribution is -0.121. The molecule has 0 unspecified atom stereocenters. The van der Waals surface area contributed by atoms with Gasteiger partial charge in [0, 0.05) is 11.3 Å². The van der Waals surface area contributed by atoms with Crippen molar-refractivity contribution < 1.29 is 14.3 Å². The van der Waals surface area contributed by atoms with E-state index in [1.54, 1.807) is 24.3 Å². The van der Waals surface area contributed by atoms with Crippen LogP contribution in [0.3, 0.4) is 0 Å². The summed E-state index contributed by atoms with van der Waals surface area (Å²) < 4.78 is 5.17. The Morgan fingerprint density at radius 1 is 1.24 bits per heavy atom. The van der Waals surface area contributed by atoms with E-state index >= 15 is 0 Å². The maximum Gasteiger partial charge on any atom is 0.250 e. The number of Topliss-reactive ketones (excluding diaryl/α,β-unsaturated/α-hetero) is 1. The van der Waals surface area contributed by atoms with Crippen LogP contribution in [0.15, 0.2) is 24.3 Å². The van der Waals surface area contributed by atoms with Crippen LogP contribution >= 0.6 is 0 Å². The first-order valence-electron chi connectivity index (χ1n) is 5.51. The largest absolute Gasteiger partial charge is 0.369 e. The predicted molar refractivity (Wildman–Crippen MR) is 66.2 cm³/mol. The second kappa shape index (κ2) is 6.15. The number of ether oxygens (including phenoxy) is 1. The molecule has 0 radical (unpaired) electrons. The zero-order valence-electron chi connectivity index (χ0n) is 10.3. The van der Waals surface area contributed by atoms with E-state index in [9.17, 15) is 9.59 Å². The lowest BCUT2D eigenvalue weighted by Crippen LogP contribution is -2.20. The lowest BCUT2D eigenvalue weighted by Gasteiger charge is -2.08. The van der Waals surface area contributed by atoms with Gasteiger partial charge in [-0.1, -0.05) is 0 Å². The average molecular weight is 235 g/mol. The van der Waals surface area contributed by atoms with Gasteiger partial charge in [-0.2, -0.15) is 0 Å². The van der Waals surface area contributed by atoms with Gasteiger partial charge in [0.15, 0.2) is 5.78 Å². The Kier molecular flexibility index (Phi) is 4.84. The summed E-state index contributed by atoms with van der Waals surface area (Å²) >= 11 is 0. The van der Waals surface area contributed by atoms with Crippen molar-refractivity contribution in [2.45, 2.75) is 26.9 Å². The molecule has 0 fully saturated rings. The molecule has 1 N–H and O–H groups in total. The molecule has 1 aromatic rings. The van der Waals surface area contributed by atoms with Crippen molar-refractivity contribution in [2.75, 3.05) is 11.9 Å². The molecule has 0 atom stereocenters. The van der Waals surface area contributed by atoms with Crippen LogP contribution in [0.1, 0.15) is 31.1 Å². The van der Waals surface area contributed by atoms with Crippen molar-refractivity contribution in [1.82, 2.24) is 0 Å². The highest BCUT2D eigenvalue weighted by Gasteiger charge is 2.04. The summed E-state index contributed by atoms with van der Waals surface area (Å²) in [4.78, 5) is 22.5. The number of anilines is 1. The number of amides is 1. The molecule has 4 heteroatoms. The molecule has 0 bridgehead atoms. The van der Waals surface area contributed by atoms with E-state index in [0.717, 1.165) is 0 Å². The lowest BCUT2D eigenvalue weighted by atomic mass is 10.1. The topological polar surface area (TPSA) is 55.4 Å².